The third-order valence-electron chi connectivity index (χ3n) is 17.2. The van der Waals surface area contributed by atoms with Crippen molar-refractivity contribution >= 4 is 106 Å². The number of amidine groups is 4. The van der Waals surface area contributed by atoms with Crippen LogP contribution in [0.2, 0.25) is 0 Å². The van der Waals surface area contributed by atoms with Crippen molar-refractivity contribution in [1.29, 1.82) is 0 Å². The van der Waals surface area contributed by atoms with Crippen LogP contribution in [0.5, 0.6) is 5.75 Å². The molecule has 35 heteroatoms. The lowest BCUT2D eigenvalue weighted by Gasteiger charge is -2.21. The Morgan fingerprint density at radius 1 is 0.632 bits per heavy atom. The van der Waals surface area contributed by atoms with Gasteiger partial charge in [0.05, 0.1) is 72.6 Å². The van der Waals surface area contributed by atoms with Gasteiger partial charge in [0.2, 0.25) is 23.6 Å². The van der Waals surface area contributed by atoms with E-state index in [0.29, 0.717) is 48.7 Å². The van der Waals surface area contributed by atoms with Crippen molar-refractivity contribution in [3.8, 4) is 5.75 Å². The number of aliphatic imine (C=N–C) groups is 5. The molecule has 1 saturated carbocycles. The van der Waals surface area contributed by atoms with E-state index in [-0.39, 0.29) is 80.8 Å². The number of ether oxygens (including phenoxy) is 2. The van der Waals surface area contributed by atoms with E-state index in [1.54, 1.807) is 68.8 Å². The fourth-order valence-corrected chi connectivity index (χ4v) is 14.9. The number of aromatic amines is 2. The predicted molar refractivity (Wildman–Crippen MR) is 409 cm³/mol. The first-order valence-electron chi connectivity index (χ1n) is 34.5. The fraction of sp³-hybridized carbons (Fsp3) is 0.423. The second kappa shape index (κ2) is 37.4. The monoisotopic (exact) mass is 1500 g/mol. The number of aryl methyl sites for hydroxylation is 5. The summed E-state index contributed by atoms with van der Waals surface area (Å²) in [6.45, 7) is 21.6. The summed E-state index contributed by atoms with van der Waals surface area (Å²) in [6.07, 6.45) is 17.3. The second-order valence-corrected chi connectivity index (χ2v) is 28.5. The van der Waals surface area contributed by atoms with Crippen molar-refractivity contribution in [1.82, 2.24) is 86.2 Å². The van der Waals surface area contributed by atoms with Crippen molar-refractivity contribution < 1.29 is 28.7 Å². The van der Waals surface area contributed by atoms with E-state index in [1.165, 1.54) is 29.6 Å². The highest BCUT2D eigenvalue weighted by Gasteiger charge is 2.37. The maximum Gasteiger partial charge on any atom is 0.256 e. The molecule has 106 heavy (non-hydrogen) atoms. The predicted octanol–water partition coefficient (Wildman–Crippen LogP) is 5.80. The summed E-state index contributed by atoms with van der Waals surface area (Å²) in [5.74, 6) is 8.49. The van der Waals surface area contributed by atoms with Crippen LogP contribution in [0.1, 0.15) is 112 Å². The van der Waals surface area contributed by atoms with Gasteiger partial charge in [-0.15, -0.1) is 43.9 Å². The van der Waals surface area contributed by atoms with Crippen LogP contribution in [0.3, 0.4) is 0 Å². The molecule has 7 N–H and O–H groups in total. The molecule has 32 nitrogen and oxygen atoms in total. The molecule has 1 fully saturated rings. The van der Waals surface area contributed by atoms with Gasteiger partial charge in [0.15, 0.2) is 22.4 Å². The number of nitrogens with zero attached hydrogens (tertiary/aromatic N) is 16. The summed E-state index contributed by atoms with van der Waals surface area (Å²) < 4.78 is 14.6. The smallest absolute Gasteiger partial charge is 0.256 e. The topological polar surface area (TPSA) is 416 Å². The van der Waals surface area contributed by atoms with Gasteiger partial charge in [0, 0.05) is 66.7 Å². The van der Waals surface area contributed by atoms with E-state index < -0.39 is 0 Å². The van der Waals surface area contributed by atoms with E-state index >= 15 is 0 Å². The van der Waals surface area contributed by atoms with Gasteiger partial charge in [0.25, 0.3) is 11.1 Å². The van der Waals surface area contributed by atoms with Gasteiger partial charge in [-0.1, -0.05) is 48.5 Å². The first-order valence-corrected chi connectivity index (χ1v) is 37.3. The Balaban J connectivity index is 0.000000126. The van der Waals surface area contributed by atoms with Crippen LogP contribution in [0.15, 0.2) is 140 Å². The third-order valence-corrected chi connectivity index (χ3v) is 20.3. The molecule has 1 aromatic carbocycles. The van der Waals surface area contributed by atoms with Crippen LogP contribution in [-0.2, 0) is 56.3 Å². The SMILES string of the molecule is CC1=NC2C=CSC2C(=O)N1.CC1=NC2CCCC2C(=O)N1.CC1=NC2NN=CC2C(=O)N1.CC1=NC2SC=CC2C(=O)N1.CC1=Nc2ccccc(=O)c2C1.Cc1nc2c(c(=O)[nH]1)COCC2.Cc1nccc(=O)[nH]1.Cc1nnc2ccccn12.Cc1nnc2n1CCS2.Cc1nncc2c1CCCO2. The summed E-state index contributed by atoms with van der Waals surface area (Å²) in [6, 6.07) is 14.7. The van der Waals surface area contributed by atoms with Crippen LogP contribution >= 0.6 is 35.3 Å². The number of hydrogen-bond acceptors (Lipinski definition) is 27. The van der Waals surface area contributed by atoms with Gasteiger partial charge in [-0.3, -0.25) is 63.4 Å². The Morgan fingerprint density at radius 3 is 2.14 bits per heavy atom. The van der Waals surface area contributed by atoms with Crippen molar-refractivity contribution in [3.63, 3.8) is 0 Å². The van der Waals surface area contributed by atoms with E-state index in [4.69, 9.17) is 9.47 Å². The zero-order valence-corrected chi connectivity index (χ0v) is 62.8. The highest BCUT2D eigenvalue weighted by Crippen LogP contribution is 2.34. The van der Waals surface area contributed by atoms with E-state index in [0.717, 1.165) is 131 Å². The quantitative estimate of drug-likeness (QED) is 0.0942. The van der Waals surface area contributed by atoms with Gasteiger partial charge in [0.1, 0.15) is 68.9 Å². The van der Waals surface area contributed by atoms with Crippen LogP contribution < -0.4 is 48.0 Å². The van der Waals surface area contributed by atoms with Gasteiger partial charge in [-0.2, -0.15) is 15.3 Å². The van der Waals surface area contributed by atoms with Gasteiger partial charge in [-0.05, 0) is 130 Å². The number of thioether (sulfide) groups is 3. The van der Waals surface area contributed by atoms with Crippen molar-refractivity contribution in [3.05, 3.63) is 172 Å². The molecule has 0 bridgehead atoms. The molecule has 4 amide bonds. The molecule has 11 aliphatic heterocycles. The van der Waals surface area contributed by atoms with Gasteiger partial charge in [-0.25, -0.2) is 15.0 Å². The van der Waals surface area contributed by atoms with Gasteiger partial charge < -0.3 is 45.3 Å². The lowest BCUT2D eigenvalue weighted by Crippen LogP contribution is -2.46. The number of carbonyl (C=O) groups excluding carboxylic acids is 4. The zero-order chi connectivity index (χ0) is 75.4. The van der Waals surface area contributed by atoms with Crippen molar-refractivity contribution in [2.75, 3.05) is 19.0 Å². The molecule has 19 rings (SSSR count). The summed E-state index contributed by atoms with van der Waals surface area (Å²) in [5.41, 5.74) is 10.1. The lowest BCUT2D eigenvalue weighted by molar-refractivity contribution is -0.124. The molecule has 6 aromatic heterocycles. The number of nitrogens with one attached hydrogen (secondary N) is 7. The minimum absolute atomic E-state index is 0.0151. The summed E-state index contributed by atoms with van der Waals surface area (Å²) in [4.78, 5) is 113. The molecular formula is C71H85N23O9S3. The normalized spacial score (nSPS) is 22.5. The highest BCUT2D eigenvalue weighted by molar-refractivity contribution is 8.03. The Labute approximate surface area is 623 Å². The van der Waals surface area contributed by atoms with Crippen LogP contribution in [0.4, 0.5) is 5.69 Å². The summed E-state index contributed by atoms with van der Waals surface area (Å²) in [7, 11) is 0. The fourth-order valence-electron chi connectivity index (χ4n) is 12.1. The number of fused-ring (bicyclic) bond motifs is 9. The largest absolute Gasteiger partial charge is 0.492 e. The summed E-state index contributed by atoms with van der Waals surface area (Å²) >= 11 is 4.92. The lowest BCUT2D eigenvalue weighted by atomic mass is 10.0. The number of pyridine rings is 1. The van der Waals surface area contributed by atoms with Gasteiger partial charge >= 0.3 is 0 Å². The minimum atomic E-state index is -0.223. The van der Waals surface area contributed by atoms with Crippen LogP contribution in [0.25, 0.3) is 5.65 Å². The molecule has 556 valence electrons. The number of rotatable bonds is 0. The molecule has 0 spiro atoms. The Morgan fingerprint density at radius 2 is 1.37 bits per heavy atom. The number of carbonyl (C=O) groups is 4. The number of amides is 4. The van der Waals surface area contributed by atoms with Crippen molar-refractivity contribution in [2.45, 2.75) is 161 Å². The number of hydrazone groups is 1. The average Bonchev–Trinajstić information content (AvgIpc) is 1.01. The number of hydrogen-bond donors (Lipinski definition) is 7. The molecule has 0 saturated heterocycles. The Bertz CT molecular complexity index is 4730. The first-order chi connectivity index (χ1) is 51.0. The van der Waals surface area contributed by atoms with Crippen molar-refractivity contribution in [2.24, 2.45) is 47.8 Å². The molecule has 8 unspecified atom stereocenters. The minimum Gasteiger partial charge on any atom is -0.492 e. The highest BCUT2D eigenvalue weighted by atomic mass is 32.2. The molecule has 17 heterocycles. The number of aromatic nitrogens is 12. The van der Waals surface area contributed by atoms with E-state index in [2.05, 4.69) is 112 Å². The molecular weight excluding hydrogens is 1420 g/mol. The second-order valence-electron chi connectivity index (χ2n) is 25.4. The molecule has 12 aliphatic rings. The number of H-pyrrole nitrogens is 2. The Hall–Kier alpha value is -10.5. The zero-order valence-electron chi connectivity index (χ0n) is 60.4. The third kappa shape index (κ3) is 21.4. The van der Waals surface area contributed by atoms with Crippen LogP contribution in [0, 0.1) is 52.4 Å². The Kier molecular flexibility index (Phi) is 27.6. The maximum absolute atomic E-state index is 11.4. The molecule has 8 atom stereocenters. The average molecular weight is 1500 g/mol. The standard InChI is InChI=1S/C10H9NO.C8H10N2O2.C8H10N2O.C8H12N2O.C7H7N3.2C7H8N2OS.C6H8N4O.C5H7N3S.C5H6N2O/c1-7-6-8-9(11-7)4-2-3-5-10(8)12;1-5-9-7-2-3-12-4-6(7)8(11)10-5;1-6-7-3-2-4-11-8(7)5-9-10-6;1-5-9-7-4-2-3-6(7)8(11)10-5;1-6-8-9-7-4-2-3-5-10(6)7;1-4-8-5-2-3-11-6(5)7(10)9-4;1-4-8-6(10)5-2-3-11-7(5)9-4;1-3-8-5-4(2-7-10-5)6(11)9-3;1-4-6-7-5-8(4)2-3-9-5;1-4-6-3-2-5(8)7-4/h2-5H,6H2,1H3;2-4H2,1H3,(H,9,10,11);5H,2-4H2,1H3;6-7H,2-4H2,1H3,(H,9,10,11);2-5H,1H3;2-3,5-6H,1H3,(H,8,9,10);2-3,5,7H,1H3,(H,8,9,10);2,4-5,10H,1H3,(H,8,9,11);2-3H2,1H3;2-3H,1H3,(H,6,7,8). The van der Waals surface area contributed by atoms with E-state index in [1.807, 2.05) is 112 Å². The maximum atomic E-state index is 11.4. The van der Waals surface area contributed by atoms with Crippen LogP contribution in [-0.4, -0.2) is 166 Å². The molecule has 1 aliphatic carbocycles. The first kappa shape index (κ1) is 78.1. The summed E-state index contributed by atoms with van der Waals surface area (Å²) in [5, 5.41) is 43.1. The molecule has 0 radical (unpaired) electrons. The molecule has 7 aromatic rings. The van der Waals surface area contributed by atoms with E-state index in [9.17, 15) is 33.6 Å².